The molecule has 1 N–H and O–H groups in total. The maximum absolute atomic E-state index is 12.9. The van der Waals surface area contributed by atoms with E-state index in [2.05, 4.69) is 15.9 Å². The summed E-state index contributed by atoms with van der Waals surface area (Å²) in [6.07, 6.45) is 1.25. The van der Waals surface area contributed by atoms with Gasteiger partial charge in [-0.25, -0.2) is 4.39 Å². The van der Waals surface area contributed by atoms with Crippen molar-refractivity contribution in [3.8, 4) is 0 Å². The van der Waals surface area contributed by atoms with Crippen LogP contribution in [0.1, 0.15) is 19.4 Å². The normalized spacial score (nSPS) is 14.2. The quantitative estimate of drug-likeness (QED) is 0.863. The summed E-state index contributed by atoms with van der Waals surface area (Å²) >= 11 is 3.32. The first-order valence-electron chi connectivity index (χ1n) is 4.32. The molecular weight excluding hydrogens is 247 g/mol. The lowest BCUT2D eigenvalue weighted by Crippen LogP contribution is -2.00. The van der Waals surface area contributed by atoms with E-state index in [1.807, 2.05) is 6.92 Å². The number of hydrogen-bond acceptors (Lipinski definition) is 1. The van der Waals surface area contributed by atoms with Crippen LogP contribution in [0.25, 0.3) is 6.08 Å². The predicted molar refractivity (Wildman–Crippen MR) is 59.4 cm³/mol. The van der Waals surface area contributed by atoms with Gasteiger partial charge in [0.15, 0.2) is 0 Å². The Morgan fingerprint density at radius 2 is 2.21 bits per heavy atom. The second kappa shape index (κ2) is 4.71. The molecule has 0 aliphatic carbocycles. The van der Waals surface area contributed by atoms with E-state index in [1.54, 1.807) is 19.1 Å². The van der Waals surface area contributed by atoms with E-state index in [0.717, 1.165) is 15.6 Å². The molecule has 1 nitrogen and oxygen atoms in total. The fraction of sp³-hybridized carbons (Fsp3) is 0.273. The molecule has 14 heavy (non-hydrogen) atoms. The molecule has 0 saturated carbocycles. The third-order valence-corrected chi connectivity index (χ3v) is 2.72. The van der Waals surface area contributed by atoms with Gasteiger partial charge in [-0.15, -0.1) is 0 Å². The van der Waals surface area contributed by atoms with Crippen LogP contribution in [-0.2, 0) is 0 Å². The Bertz CT molecular complexity index is 358. The minimum absolute atomic E-state index is 0.280. The third-order valence-electron chi connectivity index (χ3n) is 2.00. The van der Waals surface area contributed by atoms with Gasteiger partial charge < -0.3 is 5.11 Å². The minimum Gasteiger partial charge on any atom is -0.389 e. The molecule has 1 aromatic rings. The summed E-state index contributed by atoms with van der Waals surface area (Å²) in [5, 5.41) is 9.27. The Morgan fingerprint density at radius 3 is 2.79 bits per heavy atom. The van der Waals surface area contributed by atoms with Crippen LogP contribution in [0.2, 0.25) is 0 Å². The molecule has 1 aromatic carbocycles. The standard InChI is InChI=1S/C11H12BrFO/c1-7(8(2)14)5-9-6-10(13)3-4-11(9)12/h3-6,8,14H,1-2H3/b7-5+. The highest BCUT2D eigenvalue weighted by Crippen LogP contribution is 2.21. The van der Waals surface area contributed by atoms with E-state index < -0.39 is 6.10 Å². The van der Waals surface area contributed by atoms with Crippen LogP contribution in [0, 0.1) is 5.82 Å². The zero-order valence-corrected chi connectivity index (χ0v) is 9.68. The monoisotopic (exact) mass is 258 g/mol. The molecule has 3 heteroatoms. The molecule has 1 unspecified atom stereocenters. The first kappa shape index (κ1) is 11.4. The minimum atomic E-state index is -0.509. The summed E-state index contributed by atoms with van der Waals surface area (Å²) < 4.78 is 13.7. The Hall–Kier alpha value is -0.670. The van der Waals surface area contributed by atoms with Crippen molar-refractivity contribution in [1.82, 2.24) is 0 Å². The highest BCUT2D eigenvalue weighted by Gasteiger charge is 2.02. The Morgan fingerprint density at radius 1 is 1.57 bits per heavy atom. The summed E-state index contributed by atoms with van der Waals surface area (Å²) in [4.78, 5) is 0. The average Bonchev–Trinajstić information content (AvgIpc) is 2.11. The van der Waals surface area contributed by atoms with Crippen molar-refractivity contribution in [1.29, 1.82) is 0 Å². The van der Waals surface area contributed by atoms with Gasteiger partial charge in [-0.1, -0.05) is 22.0 Å². The van der Waals surface area contributed by atoms with Gasteiger partial charge in [0.2, 0.25) is 0 Å². The van der Waals surface area contributed by atoms with Gasteiger partial charge >= 0.3 is 0 Å². The third kappa shape index (κ3) is 2.93. The summed E-state index contributed by atoms with van der Waals surface area (Å²) in [6, 6.07) is 4.46. The van der Waals surface area contributed by atoms with Gasteiger partial charge in [-0.3, -0.25) is 0 Å². The number of aliphatic hydroxyl groups is 1. The average molecular weight is 259 g/mol. The fourth-order valence-corrected chi connectivity index (χ4v) is 1.35. The molecule has 0 aliphatic heterocycles. The number of hydrogen-bond donors (Lipinski definition) is 1. The van der Waals surface area contributed by atoms with Crippen molar-refractivity contribution < 1.29 is 9.50 Å². The lowest BCUT2D eigenvalue weighted by atomic mass is 10.1. The lowest BCUT2D eigenvalue weighted by molar-refractivity contribution is 0.232. The number of rotatable bonds is 2. The van der Waals surface area contributed by atoms with Gasteiger partial charge in [0.05, 0.1) is 6.10 Å². The Balaban J connectivity index is 3.07. The van der Waals surface area contributed by atoms with Gasteiger partial charge in [0.1, 0.15) is 5.82 Å². The largest absolute Gasteiger partial charge is 0.389 e. The van der Waals surface area contributed by atoms with Crippen molar-refractivity contribution in [3.05, 3.63) is 39.6 Å². The lowest BCUT2D eigenvalue weighted by Gasteiger charge is -2.05. The molecule has 1 rings (SSSR count). The van der Waals surface area contributed by atoms with Crippen molar-refractivity contribution in [2.75, 3.05) is 0 Å². The number of benzene rings is 1. The summed E-state index contributed by atoms with van der Waals surface area (Å²) in [5.74, 6) is -0.280. The maximum Gasteiger partial charge on any atom is 0.123 e. The second-order valence-corrected chi connectivity index (χ2v) is 4.08. The van der Waals surface area contributed by atoms with Gasteiger partial charge in [0.25, 0.3) is 0 Å². The highest BCUT2D eigenvalue weighted by molar-refractivity contribution is 9.10. The molecular formula is C11H12BrFO. The predicted octanol–water partition coefficient (Wildman–Crippen LogP) is 3.37. The van der Waals surface area contributed by atoms with E-state index in [1.165, 1.54) is 12.1 Å². The van der Waals surface area contributed by atoms with Gasteiger partial charge in [-0.05, 0) is 43.2 Å². The summed E-state index contributed by atoms with van der Waals surface area (Å²) in [6.45, 7) is 3.49. The zero-order valence-electron chi connectivity index (χ0n) is 8.09. The highest BCUT2D eigenvalue weighted by atomic mass is 79.9. The van der Waals surface area contributed by atoms with Crippen molar-refractivity contribution in [3.63, 3.8) is 0 Å². The van der Waals surface area contributed by atoms with Crippen LogP contribution < -0.4 is 0 Å². The first-order chi connectivity index (χ1) is 6.50. The Kier molecular flexibility index (Phi) is 3.84. The van der Waals surface area contributed by atoms with Crippen LogP contribution in [0.15, 0.2) is 28.2 Å². The summed E-state index contributed by atoms with van der Waals surface area (Å²) in [5.41, 5.74) is 1.54. The number of aliphatic hydroxyl groups excluding tert-OH is 1. The molecule has 0 bridgehead atoms. The maximum atomic E-state index is 12.9. The molecule has 1 atom stereocenters. The van der Waals surface area contributed by atoms with Gasteiger partial charge in [0, 0.05) is 4.47 Å². The molecule has 76 valence electrons. The van der Waals surface area contributed by atoms with Crippen LogP contribution in [-0.4, -0.2) is 11.2 Å². The fourth-order valence-electron chi connectivity index (χ4n) is 0.991. The van der Waals surface area contributed by atoms with Crippen molar-refractivity contribution in [2.24, 2.45) is 0 Å². The van der Waals surface area contributed by atoms with Crippen molar-refractivity contribution in [2.45, 2.75) is 20.0 Å². The molecule has 0 amide bonds. The topological polar surface area (TPSA) is 20.2 Å². The number of halogens is 2. The molecule has 0 spiro atoms. The smallest absolute Gasteiger partial charge is 0.123 e. The van der Waals surface area contributed by atoms with Crippen molar-refractivity contribution >= 4 is 22.0 Å². The molecule has 0 heterocycles. The van der Waals surface area contributed by atoms with Crippen LogP contribution in [0.5, 0.6) is 0 Å². The summed E-state index contributed by atoms with van der Waals surface area (Å²) in [7, 11) is 0. The molecule has 0 fully saturated rings. The molecule has 0 radical (unpaired) electrons. The van der Waals surface area contributed by atoms with E-state index in [0.29, 0.717) is 0 Å². The Labute approximate surface area is 91.4 Å². The second-order valence-electron chi connectivity index (χ2n) is 3.23. The van der Waals surface area contributed by atoms with E-state index in [4.69, 9.17) is 0 Å². The zero-order chi connectivity index (χ0) is 10.7. The van der Waals surface area contributed by atoms with Crippen LogP contribution in [0.3, 0.4) is 0 Å². The first-order valence-corrected chi connectivity index (χ1v) is 5.11. The molecule has 0 aliphatic rings. The van der Waals surface area contributed by atoms with Crippen LogP contribution in [0.4, 0.5) is 4.39 Å². The van der Waals surface area contributed by atoms with Gasteiger partial charge in [-0.2, -0.15) is 0 Å². The van der Waals surface area contributed by atoms with E-state index in [9.17, 15) is 9.50 Å². The molecule has 0 aromatic heterocycles. The molecule has 0 saturated heterocycles. The SMILES string of the molecule is C/C(=C\c1cc(F)ccc1Br)C(C)O. The van der Waals surface area contributed by atoms with E-state index in [-0.39, 0.29) is 5.82 Å². The van der Waals surface area contributed by atoms with E-state index >= 15 is 0 Å². The van der Waals surface area contributed by atoms with Crippen LogP contribution >= 0.6 is 15.9 Å².